The highest BCUT2D eigenvalue weighted by atomic mass is 35.5. The largest absolute Gasteiger partial charge is 0.383 e. The Hall–Kier alpha value is -1.60. The van der Waals surface area contributed by atoms with Crippen LogP contribution in [0.15, 0.2) is 6.20 Å². The molecule has 0 spiro atoms. The SMILES string of the molecule is Cn1cc(Cl)c(CNC(=O)CN2CCCCC(O)C2=O)n1. The van der Waals surface area contributed by atoms with Gasteiger partial charge in [-0.1, -0.05) is 11.6 Å². The molecule has 1 fully saturated rings. The summed E-state index contributed by atoms with van der Waals surface area (Å²) >= 11 is 5.95. The number of aliphatic hydroxyl groups is 1. The molecule has 21 heavy (non-hydrogen) atoms. The van der Waals surface area contributed by atoms with Crippen molar-refractivity contribution in [2.75, 3.05) is 13.1 Å². The van der Waals surface area contributed by atoms with Gasteiger partial charge in [-0.05, 0) is 19.3 Å². The first-order chi connectivity index (χ1) is 9.97. The van der Waals surface area contributed by atoms with Gasteiger partial charge in [-0.2, -0.15) is 5.10 Å². The Morgan fingerprint density at radius 2 is 2.33 bits per heavy atom. The van der Waals surface area contributed by atoms with E-state index in [0.29, 0.717) is 23.7 Å². The fourth-order valence-corrected chi connectivity index (χ4v) is 2.52. The van der Waals surface area contributed by atoms with Gasteiger partial charge in [-0.15, -0.1) is 0 Å². The van der Waals surface area contributed by atoms with Crippen LogP contribution >= 0.6 is 11.6 Å². The van der Waals surface area contributed by atoms with Crippen LogP contribution in [0.2, 0.25) is 5.02 Å². The van der Waals surface area contributed by atoms with Gasteiger partial charge in [0.05, 0.1) is 18.1 Å². The quantitative estimate of drug-likeness (QED) is 0.823. The fraction of sp³-hybridized carbons (Fsp3) is 0.615. The van der Waals surface area contributed by atoms with Crippen LogP contribution in [0.5, 0.6) is 0 Å². The van der Waals surface area contributed by atoms with Crippen LogP contribution in [0.1, 0.15) is 25.0 Å². The van der Waals surface area contributed by atoms with Gasteiger partial charge in [-0.25, -0.2) is 0 Å². The molecule has 1 aromatic heterocycles. The van der Waals surface area contributed by atoms with E-state index in [1.807, 2.05) is 0 Å². The monoisotopic (exact) mass is 314 g/mol. The van der Waals surface area contributed by atoms with Gasteiger partial charge in [0.1, 0.15) is 11.8 Å². The number of hydrogen-bond donors (Lipinski definition) is 2. The lowest BCUT2D eigenvalue weighted by molar-refractivity contribution is -0.142. The first-order valence-corrected chi connectivity index (χ1v) is 7.26. The lowest BCUT2D eigenvalue weighted by Gasteiger charge is -2.21. The maximum absolute atomic E-state index is 11.9. The minimum atomic E-state index is -0.995. The molecule has 0 radical (unpaired) electrons. The van der Waals surface area contributed by atoms with E-state index in [9.17, 15) is 14.7 Å². The number of aryl methyl sites for hydroxylation is 1. The lowest BCUT2D eigenvalue weighted by atomic mass is 10.2. The lowest BCUT2D eigenvalue weighted by Crippen LogP contribution is -2.44. The summed E-state index contributed by atoms with van der Waals surface area (Å²) in [4.78, 5) is 25.2. The summed E-state index contributed by atoms with van der Waals surface area (Å²) in [5, 5.41) is 16.9. The van der Waals surface area contributed by atoms with Crippen molar-refractivity contribution in [3.63, 3.8) is 0 Å². The number of amides is 2. The van der Waals surface area contributed by atoms with Crippen LogP contribution < -0.4 is 5.32 Å². The molecule has 0 aliphatic carbocycles. The third-order valence-corrected chi connectivity index (χ3v) is 3.71. The van der Waals surface area contributed by atoms with Gasteiger partial charge in [0.2, 0.25) is 5.91 Å². The normalized spacial score (nSPS) is 19.5. The van der Waals surface area contributed by atoms with Crippen molar-refractivity contribution in [3.05, 3.63) is 16.9 Å². The zero-order valence-electron chi connectivity index (χ0n) is 11.9. The molecule has 1 aromatic rings. The van der Waals surface area contributed by atoms with Gasteiger partial charge in [0.15, 0.2) is 0 Å². The molecule has 1 aliphatic heterocycles. The standard InChI is InChI=1S/C13H19ClN4O3/c1-17-7-9(14)10(16-17)6-15-12(20)8-18-5-3-2-4-11(19)13(18)21/h7,11,19H,2-6,8H2,1H3,(H,15,20). The molecule has 1 aliphatic rings. The minimum Gasteiger partial charge on any atom is -0.383 e. The number of rotatable bonds is 4. The van der Waals surface area contributed by atoms with Crippen LogP contribution in [-0.2, 0) is 23.2 Å². The Balaban J connectivity index is 1.86. The van der Waals surface area contributed by atoms with Crippen LogP contribution in [0.4, 0.5) is 0 Å². The summed E-state index contributed by atoms with van der Waals surface area (Å²) < 4.78 is 1.57. The maximum atomic E-state index is 11.9. The Morgan fingerprint density at radius 1 is 1.57 bits per heavy atom. The second-order valence-corrected chi connectivity index (χ2v) is 5.55. The summed E-state index contributed by atoms with van der Waals surface area (Å²) in [6, 6.07) is 0. The topological polar surface area (TPSA) is 87.5 Å². The number of nitrogens with zero attached hydrogens (tertiary/aromatic N) is 3. The van der Waals surface area contributed by atoms with E-state index >= 15 is 0 Å². The van der Waals surface area contributed by atoms with E-state index in [1.54, 1.807) is 17.9 Å². The molecule has 0 bridgehead atoms. The van der Waals surface area contributed by atoms with Crippen molar-refractivity contribution in [3.8, 4) is 0 Å². The third kappa shape index (κ3) is 4.18. The van der Waals surface area contributed by atoms with Crippen LogP contribution in [-0.4, -0.2) is 50.8 Å². The number of aliphatic hydroxyl groups excluding tert-OH is 1. The molecule has 1 saturated heterocycles. The highest BCUT2D eigenvalue weighted by molar-refractivity contribution is 6.31. The molecular weight excluding hydrogens is 296 g/mol. The van der Waals surface area contributed by atoms with Crippen molar-refractivity contribution in [1.82, 2.24) is 20.0 Å². The Kier molecular flexibility index (Phi) is 5.19. The third-order valence-electron chi connectivity index (χ3n) is 3.39. The van der Waals surface area contributed by atoms with Crippen molar-refractivity contribution >= 4 is 23.4 Å². The number of likely N-dealkylation sites (tertiary alicyclic amines) is 1. The highest BCUT2D eigenvalue weighted by Gasteiger charge is 2.26. The summed E-state index contributed by atoms with van der Waals surface area (Å²) in [5.74, 6) is -0.669. The number of hydrogen-bond acceptors (Lipinski definition) is 4. The number of aromatic nitrogens is 2. The molecule has 2 amide bonds. The van der Waals surface area contributed by atoms with Crippen molar-refractivity contribution in [1.29, 1.82) is 0 Å². The molecule has 8 heteroatoms. The smallest absolute Gasteiger partial charge is 0.251 e. The second kappa shape index (κ2) is 6.91. The molecule has 1 atom stereocenters. The predicted octanol–water partition coefficient (Wildman–Crippen LogP) is 0.0631. The Morgan fingerprint density at radius 3 is 3.00 bits per heavy atom. The number of halogens is 1. The van der Waals surface area contributed by atoms with E-state index in [1.165, 1.54) is 4.90 Å². The first-order valence-electron chi connectivity index (χ1n) is 6.89. The van der Waals surface area contributed by atoms with Gasteiger partial charge in [0, 0.05) is 19.8 Å². The molecule has 2 rings (SSSR count). The summed E-state index contributed by atoms with van der Waals surface area (Å²) in [7, 11) is 1.74. The van der Waals surface area contributed by atoms with E-state index in [0.717, 1.165) is 12.8 Å². The predicted molar refractivity (Wildman–Crippen MR) is 76.5 cm³/mol. The van der Waals surface area contributed by atoms with Crippen molar-refractivity contribution < 1.29 is 14.7 Å². The van der Waals surface area contributed by atoms with Gasteiger partial charge in [-0.3, -0.25) is 14.3 Å². The van der Waals surface area contributed by atoms with E-state index in [2.05, 4.69) is 10.4 Å². The van der Waals surface area contributed by atoms with E-state index in [4.69, 9.17) is 11.6 Å². The number of carbonyl (C=O) groups is 2. The molecule has 2 N–H and O–H groups in total. The van der Waals surface area contributed by atoms with Crippen LogP contribution in [0, 0.1) is 0 Å². The fourth-order valence-electron chi connectivity index (χ4n) is 2.28. The van der Waals surface area contributed by atoms with E-state index < -0.39 is 6.10 Å². The summed E-state index contributed by atoms with van der Waals surface area (Å²) in [6.45, 7) is 0.650. The zero-order chi connectivity index (χ0) is 15.4. The van der Waals surface area contributed by atoms with Crippen molar-refractivity contribution in [2.45, 2.75) is 31.9 Å². The molecule has 116 valence electrons. The van der Waals surface area contributed by atoms with Crippen molar-refractivity contribution in [2.24, 2.45) is 7.05 Å². The van der Waals surface area contributed by atoms with Crippen LogP contribution in [0.25, 0.3) is 0 Å². The Labute approximate surface area is 127 Å². The van der Waals surface area contributed by atoms with E-state index in [-0.39, 0.29) is 24.9 Å². The first kappa shape index (κ1) is 15.8. The average Bonchev–Trinajstić information content (AvgIpc) is 2.68. The average molecular weight is 315 g/mol. The Bertz CT molecular complexity index is 531. The summed E-state index contributed by atoms with van der Waals surface area (Å²) in [6.07, 6.45) is 2.69. The molecule has 1 unspecified atom stereocenters. The maximum Gasteiger partial charge on any atom is 0.251 e. The molecule has 0 aromatic carbocycles. The van der Waals surface area contributed by atoms with Gasteiger partial charge < -0.3 is 15.3 Å². The number of nitrogens with one attached hydrogen (secondary N) is 1. The summed E-state index contributed by atoms with van der Waals surface area (Å²) in [5.41, 5.74) is 0.578. The zero-order valence-corrected chi connectivity index (χ0v) is 12.6. The molecule has 0 saturated carbocycles. The minimum absolute atomic E-state index is 0.0552. The molecule has 7 nitrogen and oxygen atoms in total. The van der Waals surface area contributed by atoms with Gasteiger partial charge in [0.25, 0.3) is 5.91 Å². The van der Waals surface area contributed by atoms with Gasteiger partial charge >= 0.3 is 0 Å². The molecule has 2 heterocycles. The molecular formula is C13H19ClN4O3. The van der Waals surface area contributed by atoms with Crippen LogP contribution in [0.3, 0.4) is 0 Å². The number of carbonyl (C=O) groups excluding carboxylic acids is 2. The second-order valence-electron chi connectivity index (χ2n) is 5.15. The highest BCUT2D eigenvalue weighted by Crippen LogP contribution is 2.13.